The Balaban J connectivity index is 2.10. The lowest BCUT2D eigenvalue weighted by Crippen LogP contribution is -2.37. The van der Waals surface area contributed by atoms with E-state index in [4.69, 9.17) is 0 Å². The van der Waals surface area contributed by atoms with Crippen LogP contribution in [0.15, 0.2) is 91.0 Å². The maximum Gasteiger partial charge on any atom is 0.143 e. The molecule has 0 amide bonds. The maximum atomic E-state index is 11.3. The molecule has 0 aliphatic rings. The lowest BCUT2D eigenvalue weighted by atomic mass is 10.4. The van der Waals surface area contributed by atoms with Crippen LogP contribution in [0.4, 0.5) is 0 Å². The van der Waals surface area contributed by atoms with E-state index in [9.17, 15) is 4.79 Å². The molecule has 0 atom stereocenters. The van der Waals surface area contributed by atoms with Crippen molar-refractivity contribution in [1.82, 2.24) is 5.32 Å². The van der Waals surface area contributed by atoms with Gasteiger partial charge in [-0.25, -0.2) is 0 Å². The molecule has 1 N–H and O–H groups in total. The molecule has 0 spiro atoms. The Hall–Kier alpha value is -2.28. The summed E-state index contributed by atoms with van der Waals surface area (Å²) in [7, 11) is -1.79. The summed E-state index contributed by atoms with van der Waals surface area (Å²) in [6.07, 6.45) is 0.984. The minimum atomic E-state index is -1.79. The summed E-state index contributed by atoms with van der Waals surface area (Å²) < 4.78 is 0. The van der Waals surface area contributed by atoms with Crippen molar-refractivity contribution in [2.24, 2.45) is 0 Å². The highest BCUT2D eigenvalue weighted by Gasteiger charge is 2.44. The summed E-state index contributed by atoms with van der Waals surface area (Å²) in [6, 6.07) is 32.5. The quantitative estimate of drug-likeness (QED) is 0.493. The number of nitrogens with one attached hydrogen (secondary N) is 1. The molecule has 0 unspecified atom stereocenters. The molecule has 0 heterocycles. The Morgan fingerprint density at radius 2 is 1.12 bits per heavy atom. The number of hydrogen-bond donors (Lipinski definition) is 1. The fourth-order valence-corrected chi connectivity index (χ4v) is 7.60. The van der Waals surface area contributed by atoms with E-state index in [-0.39, 0.29) is 5.78 Å². The molecule has 0 aliphatic heterocycles. The largest absolute Gasteiger partial charge is 0.306 e. The second kappa shape index (κ2) is 8.89. The molecule has 0 aliphatic carbocycles. The summed E-state index contributed by atoms with van der Waals surface area (Å²) in [5, 5.41) is 7.46. The van der Waals surface area contributed by atoms with Gasteiger partial charge in [0.1, 0.15) is 29.0 Å². The summed E-state index contributed by atoms with van der Waals surface area (Å²) >= 11 is 0. The number of rotatable bonds is 8. The Labute approximate surface area is 156 Å². The molecule has 0 radical (unpaired) electrons. The van der Waals surface area contributed by atoms with Gasteiger partial charge in [-0.05, 0) is 43.3 Å². The van der Waals surface area contributed by atoms with E-state index >= 15 is 0 Å². The van der Waals surface area contributed by atoms with Crippen LogP contribution in [0.1, 0.15) is 6.92 Å². The third-order valence-corrected chi connectivity index (χ3v) is 9.02. The van der Waals surface area contributed by atoms with Crippen molar-refractivity contribution < 1.29 is 4.79 Å². The second-order valence-electron chi connectivity index (χ2n) is 6.42. The number of carbonyl (C=O) groups excluding carboxylic acids is 1. The summed E-state index contributed by atoms with van der Waals surface area (Å²) in [6.45, 7) is 2.87. The van der Waals surface area contributed by atoms with Crippen molar-refractivity contribution in [3.63, 3.8) is 0 Å². The first-order chi connectivity index (χ1) is 12.7. The van der Waals surface area contributed by atoms with E-state index in [1.165, 1.54) is 15.9 Å². The number of Topliss-reactive ketones (excluding diaryl/α,β-unsaturated/α-hetero) is 1. The fraction of sp³-hybridized carbons (Fsp3) is 0.174. The fourth-order valence-electron chi connectivity index (χ4n) is 3.39. The molecule has 0 fully saturated rings. The lowest BCUT2D eigenvalue weighted by molar-refractivity contribution is -0.116. The van der Waals surface area contributed by atoms with Gasteiger partial charge >= 0.3 is 0 Å². The first-order valence-electron chi connectivity index (χ1n) is 8.98. The number of hydrogen-bond acceptors (Lipinski definition) is 2. The molecule has 3 heteroatoms. The second-order valence-corrected chi connectivity index (χ2v) is 10.0. The molecule has 0 saturated carbocycles. The SMILES string of the molecule is CC(=O)CNCC[P+](c1ccccc1)(c1ccccc1)c1ccccc1. The molecule has 26 heavy (non-hydrogen) atoms. The Morgan fingerprint density at radius 3 is 1.46 bits per heavy atom. The van der Waals surface area contributed by atoms with Gasteiger partial charge in [-0.15, -0.1) is 0 Å². The smallest absolute Gasteiger partial charge is 0.143 e. The molecule has 3 aromatic rings. The summed E-state index contributed by atoms with van der Waals surface area (Å²) in [4.78, 5) is 11.3. The summed E-state index contributed by atoms with van der Waals surface area (Å²) in [5.41, 5.74) is 0. The van der Waals surface area contributed by atoms with Crippen LogP contribution in [0, 0.1) is 0 Å². The molecule has 3 aromatic carbocycles. The van der Waals surface area contributed by atoms with E-state index in [0.29, 0.717) is 6.54 Å². The van der Waals surface area contributed by atoms with Crippen LogP contribution >= 0.6 is 7.26 Å². The molecule has 132 valence electrons. The van der Waals surface area contributed by atoms with Gasteiger partial charge < -0.3 is 5.32 Å². The zero-order valence-electron chi connectivity index (χ0n) is 15.1. The van der Waals surface area contributed by atoms with Gasteiger partial charge in [-0.3, -0.25) is 4.79 Å². The van der Waals surface area contributed by atoms with Gasteiger partial charge in [0, 0.05) is 6.54 Å². The van der Waals surface area contributed by atoms with Crippen LogP contribution in [-0.4, -0.2) is 25.0 Å². The third-order valence-electron chi connectivity index (χ3n) is 4.59. The normalized spacial score (nSPS) is 11.3. The average Bonchev–Trinajstić information content (AvgIpc) is 2.70. The molecule has 0 bridgehead atoms. The van der Waals surface area contributed by atoms with Crippen molar-refractivity contribution in [3.8, 4) is 0 Å². The number of carbonyl (C=O) groups is 1. The monoisotopic (exact) mass is 362 g/mol. The van der Waals surface area contributed by atoms with E-state index in [1.54, 1.807) is 6.92 Å². The molecule has 3 rings (SSSR count). The van der Waals surface area contributed by atoms with Gasteiger partial charge in [-0.1, -0.05) is 54.6 Å². The van der Waals surface area contributed by atoms with Crippen LogP contribution in [0.2, 0.25) is 0 Å². The minimum absolute atomic E-state index is 0.174. The predicted octanol–water partition coefficient (Wildman–Crippen LogP) is 3.16. The number of benzene rings is 3. The van der Waals surface area contributed by atoms with E-state index in [0.717, 1.165) is 12.7 Å². The minimum Gasteiger partial charge on any atom is -0.306 e. The molecular weight excluding hydrogens is 337 g/mol. The highest BCUT2D eigenvalue weighted by molar-refractivity contribution is 7.95. The Bertz CT molecular complexity index is 722. The van der Waals surface area contributed by atoms with Crippen LogP contribution in [-0.2, 0) is 4.79 Å². The third kappa shape index (κ3) is 4.09. The Kier molecular flexibility index (Phi) is 6.33. The van der Waals surface area contributed by atoms with Gasteiger partial charge in [-0.2, -0.15) is 0 Å². The van der Waals surface area contributed by atoms with Crippen molar-refractivity contribution in [2.75, 3.05) is 19.3 Å². The van der Waals surface area contributed by atoms with Crippen LogP contribution < -0.4 is 21.2 Å². The van der Waals surface area contributed by atoms with Crippen molar-refractivity contribution in [2.45, 2.75) is 6.92 Å². The van der Waals surface area contributed by atoms with E-state index in [2.05, 4.69) is 96.3 Å². The molecule has 2 nitrogen and oxygen atoms in total. The highest BCUT2D eigenvalue weighted by Crippen LogP contribution is 2.54. The Morgan fingerprint density at radius 1 is 0.731 bits per heavy atom. The van der Waals surface area contributed by atoms with Gasteiger partial charge in [0.2, 0.25) is 0 Å². The lowest BCUT2D eigenvalue weighted by Gasteiger charge is -2.27. The molecular formula is C23H25NOP+. The molecule has 0 saturated heterocycles. The van der Waals surface area contributed by atoms with Gasteiger partial charge in [0.25, 0.3) is 0 Å². The van der Waals surface area contributed by atoms with E-state index in [1.807, 2.05) is 0 Å². The van der Waals surface area contributed by atoms with Crippen molar-refractivity contribution in [1.29, 1.82) is 0 Å². The molecule has 0 aromatic heterocycles. The zero-order chi connectivity index (χ0) is 18.2. The van der Waals surface area contributed by atoms with E-state index < -0.39 is 7.26 Å². The van der Waals surface area contributed by atoms with Gasteiger partial charge in [0.05, 0.1) is 12.7 Å². The van der Waals surface area contributed by atoms with Crippen molar-refractivity contribution >= 4 is 29.0 Å². The number of ketones is 1. The van der Waals surface area contributed by atoms with Crippen LogP contribution in [0.25, 0.3) is 0 Å². The first kappa shape index (κ1) is 18.5. The maximum absolute atomic E-state index is 11.3. The zero-order valence-corrected chi connectivity index (χ0v) is 16.0. The van der Waals surface area contributed by atoms with Crippen LogP contribution in [0.3, 0.4) is 0 Å². The predicted molar refractivity (Wildman–Crippen MR) is 114 cm³/mol. The first-order valence-corrected chi connectivity index (χ1v) is 11.0. The average molecular weight is 362 g/mol. The standard InChI is InChI=1S/C23H25NOP/c1-20(25)19-24-17-18-26(21-11-5-2-6-12-21,22-13-7-3-8-14-22)23-15-9-4-10-16-23/h2-16,24H,17-19H2,1H3/q+1. The van der Waals surface area contributed by atoms with Crippen molar-refractivity contribution in [3.05, 3.63) is 91.0 Å². The summed E-state index contributed by atoms with van der Waals surface area (Å²) in [5.74, 6) is 0.174. The topological polar surface area (TPSA) is 29.1 Å². The highest BCUT2D eigenvalue weighted by atomic mass is 31.2. The van der Waals surface area contributed by atoms with Crippen LogP contribution in [0.5, 0.6) is 0 Å². The van der Waals surface area contributed by atoms with Gasteiger partial charge in [0.15, 0.2) is 0 Å².